The van der Waals surface area contributed by atoms with Crippen molar-refractivity contribution in [2.45, 2.75) is 6.92 Å². The molecule has 0 bridgehead atoms. The molecule has 0 aliphatic carbocycles. The Morgan fingerprint density at radius 3 is 2.44 bits per heavy atom. The SMILES string of the molecule is Cc1c(C(=O)NNC(=O)c2cncn2-c2ccccc2)oc2ccccc12. The van der Waals surface area contributed by atoms with Crippen LogP contribution in [0.25, 0.3) is 16.7 Å². The van der Waals surface area contributed by atoms with E-state index in [4.69, 9.17) is 4.42 Å². The van der Waals surface area contributed by atoms with Gasteiger partial charge in [0.05, 0.1) is 12.5 Å². The number of carbonyl (C=O) groups excluding carboxylic acids is 2. The van der Waals surface area contributed by atoms with Gasteiger partial charge in [0.25, 0.3) is 5.91 Å². The highest BCUT2D eigenvalue weighted by Gasteiger charge is 2.19. The van der Waals surface area contributed by atoms with Gasteiger partial charge >= 0.3 is 5.91 Å². The zero-order valence-electron chi connectivity index (χ0n) is 14.5. The molecule has 0 saturated heterocycles. The Labute approximate surface area is 154 Å². The summed E-state index contributed by atoms with van der Waals surface area (Å²) in [6, 6.07) is 16.7. The molecule has 2 amide bonds. The lowest BCUT2D eigenvalue weighted by Crippen LogP contribution is -2.42. The van der Waals surface area contributed by atoms with Crippen LogP contribution in [0.2, 0.25) is 0 Å². The van der Waals surface area contributed by atoms with E-state index in [9.17, 15) is 9.59 Å². The first-order valence-corrected chi connectivity index (χ1v) is 8.32. The Balaban J connectivity index is 1.51. The molecule has 7 nitrogen and oxygen atoms in total. The van der Waals surface area contributed by atoms with Crippen LogP contribution in [0, 0.1) is 6.92 Å². The largest absolute Gasteiger partial charge is 0.451 e. The molecule has 27 heavy (non-hydrogen) atoms. The Morgan fingerprint density at radius 1 is 0.963 bits per heavy atom. The van der Waals surface area contributed by atoms with E-state index in [1.54, 1.807) is 17.6 Å². The molecular formula is C20H16N4O3. The number of aryl methyl sites for hydroxylation is 1. The number of hydrogen-bond donors (Lipinski definition) is 2. The first kappa shape index (κ1) is 16.6. The van der Waals surface area contributed by atoms with Crippen molar-refractivity contribution in [2.24, 2.45) is 0 Å². The Morgan fingerprint density at radius 2 is 1.67 bits per heavy atom. The smallest absolute Gasteiger partial charge is 0.305 e. The van der Waals surface area contributed by atoms with E-state index in [2.05, 4.69) is 15.8 Å². The van der Waals surface area contributed by atoms with Crippen LogP contribution in [0.4, 0.5) is 0 Å². The maximum absolute atomic E-state index is 12.5. The van der Waals surface area contributed by atoms with Gasteiger partial charge in [-0.25, -0.2) is 4.98 Å². The summed E-state index contributed by atoms with van der Waals surface area (Å²) < 4.78 is 7.23. The number of nitrogens with zero attached hydrogens (tertiary/aromatic N) is 2. The van der Waals surface area contributed by atoms with Crippen molar-refractivity contribution in [3.05, 3.63) is 84.1 Å². The molecule has 0 aliphatic heterocycles. The van der Waals surface area contributed by atoms with Crippen LogP contribution >= 0.6 is 0 Å². The van der Waals surface area contributed by atoms with Crippen molar-refractivity contribution in [1.82, 2.24) is 20.4 Å². The van der Waals surface area contributed by atoms with E-state index in [-0.39, 0.29) is 5.76 Å². The van der Waals surface area contributed by atoms with Crippen molar-refractivity contribution < 1.29 is 14.0 Å². The molecule has 2 aromatic heterocycles. The number of para-hydroxylation sites is 2. The van der Waals surface area contributed by atoms with Crippen LogP contribution < -0.4 is 10.9 Å². The number of fused-ring (bicyclic) bond motifs is 1. The van der Waals surface area contributed by atoms with Crippen molar-refractivity contribution >= 4 is 22.8 Å². The maximum Gasteiger partial charge on any atom is 0.305 e. The van der Waals surface area contributed by atoms with Gasteiger partial charge in [-0.3, -0.25) is 25.0 Å². The number of aromatic nitrogens is 2. The van der Waals surface area contributed by atoms with Crippen LogP contribution in [0.5, 0.6) is 0 Å². The highest BCUT2D eigenvalue weighted by Crippen LogP contribution is 2.24. The van der Waals surface area contributed by atoms with Gasteiger partial charge in [0.1, 0.15) is 11.3 Å². The maximum atomic E-state index is 12.5. The third-order valence-electron chi connectivity index (χ3n) is 4.24. The van der Waals surface area contributed by atoms with E-state index in [0.29, 0.717) is 16.8 Å². The zero-order valence-corrected chi connectivity index (χ0v) is 14.5. The number of hydrazine groups is 1. The summed E-state index contributed by atoms with van der Waals surface area (Å²) in [7, 11) is 0. The first-order valence-electron chi connectivity index (χ1n) is 8.32. The molecule has 134 valence electrons. The summed E-state index contributed by atoms with van der Waals surface area (Å²) in [6.07, 6.45) is 2.97. The molecular weight excluding hydrogens is 344 g/mol. The molecule has 0 aliphatic rings. The van der Waals surface area contributed by atoms with Gasteiger partial charge in [0.2, 0.25) is 0 Å². The lowest BCUT2D eigenvalue weighted by atomic mass is 10.1. The van der Waals surface area contributed by atoms with Crippen LogP contribution in [-0.2, 0) is 0 Å². The topological polar surface area (TPSA) is 89.2 Å². The lowest BCUT2D eigenvalue weighted by Gasteiger charge is -2.09. The summed E-state index contributed by atoms with van der Waals surface area (Å²) in [5, 5.41) is 0.858. The molecule has 0 spiro atoms. The molecule has 0 unspecified atom stereocenters. The highest BCUT2D eigenvalue weighted by molar-refractivity contribution is 6.01. The van der Waals surface area contributed by atoms with Crippen LogP contribution in [0.1, 0.15) is 26.6 Å². The highest BCUT2D eigenvalue weighted by atomic mass is 16.3. The zero-order chi connectivity index (χ0) is 18.8. The van der Waals surface area contributed by atoms with Gasteiger partial charge in [0.15, 0.2) is 5.76 Å². The standard InChI is InChI=1S/C20H16N4O3/c1-13-15-9-5-6-10-17(15)27-18(13)20(26)23-22-19(25)16-11-21-12-24(16)14-7-3-2-4-8-14/h2-12H,1H3,(H,22,25)(H,23,26). The minimum atomic E-state index is -0.525. The van der Waals surface area contributed by atoms with Gasteiger partial charge < -0.3 is 4.42 Å². The molecule has 7 heteroatoms. The molecule has 0 radical (unpaired) electrons. The van der Waals surface area contributed by atoms with Crippen LogP contribution in [0.3, 0.4) is 0 Å². The quantitative estimate of drug-likeness (QED) is 0.550. The molecule has 4 rings (SSSR count). The van der Waals surface area contributed by atoms with E-state index in [1.807, 2.05) is 48.5 Å². The number of furan rings is 1. The molecule has 2 N–H and O–H groups in total. The second kappa shape index (κ2) is 6.80. The number of nitrogens with one attached hydrogen (secondary N) is 2. The lowest BCUT2D eigenvalue weighted by molar-refractivity contribution is 0.0828. The third-order valence-corrected chi connectivity index (χ3v) is 4.24. The van der Waals surface area contributed by atoms with Crippen LogP contribution in [0.15, 0.2) is 71.5 Å². The van der Waals surface area contributed by atoms with E-state index in [0.717, 1.165) is 11.1 Å². The Kier molecular flexibility index (Phi) is 4.18. The molecule has 0 fully saturated rings. The van der Waals surface area contributed by atoms with Crippen LogP contribution in [-0.4, -0.2) is 21.4 Å². The van der Waals surface area contributed by atoms with Crippen molar-refractivity contribution in [3.63, 3.8) is 0 Å². The summed E-state index contributed by atoms with van der Waals surface area (Å²) in [6.45, 7) is 1.80. The summed E-state index contributed by atoms with van der Waals surface area (Å²) in [4.78, 5) is 28.9. The van der Waals surface area contributed by atoms with Crippen molar-refractivity contribution in [3.8, 4) is 5.69 Å². The Hall–Kier alpha value is -3.87. The number of carbonyl (C=O) groups is 2. The molecule has 0 saturated carbocycles. The third kappa shape index (κ3) is 3.06. The summed E-state index contributed by atoms with van der Waals surface area (Å²) >= 11 is 0. The number of hydrogen-bond acceptors (Lipinski definition) is 4. The molecule has 0 atom stereocenters. The second-order valence-corrected chi connectivity index (χ2v) is 5.95. The minimum absolute atomic E-state index is 0.160. The average molecular weight is 360 g/mol. The van der Waals surface area contributed by atoms with Gasteiger partial charge in [-0.2, -0.15) is 0 Å². The van der Waals surface area contributed by atoms with E-state index in [1.165, 1.54) is 12.5 Å². The predicted molar refractivity (Wildman–Crippen MR) is 99.4 cm³/mol. The average Bonchev–Trinajstić information content (AvgIpc) is 3.32. The van der Waals surface area contributed by atoms with Gasteiger partial charge in [-0.05, 0) is 25.1 Å². The van der Waals surface area contributed by atoms with Crippen molar-refractivity contribution in [1.29, 1.82) is 0 Å². The van der Waals surface area contributed by atoms with Gasteiger partial charge in [0, 0.05) is 16.6 Å². The number of rotatable bonds is 3. The molecule has 2 heterocycles. The second-order valence-electron chi connectivity index (χ2n) is 5.95. The first-order chi connectivity index (χ1) is 13.1. The summed E-state index contributed by atoms with van der Waals surface area (Å²) in [5.74, 6) is -0.852. The normalized spacial score (nSPS) is 10.7. The fourth-order valence-electron chi connectivity index (χ4n) is 2.88. The van der Waals surface area contributed by atoms with Gasteiger partial charge in [-0.1, -0.05) is 36.4 Å². The minimum Gasteiger partial charge on any atom is -0.451 e. The van der Waals surface area contributed by atoms with E-state index >= 15 is 0 Å². The number of benzene rings is 2. The van der Waals surface area contributed by atoms with Gasteiger partial charge in [-0.15, -0.1) is 0 Å². The monoisotopic (exact) mass is 360 g/mol. The number of imidazole rings is 1. The Bertz CT molecular complexity index is 1130. The molecule has 4 aromatic rings. The molecule has 2 aromatic carbocycles. The fraction of sp³-hybridized carbons (Fsp3) is 0.0500. The van der Waals surface area contributed by atoms with E-state index < -0.39 is 11.8 Å². The fourth-order valence-corrected chi connectivity index (χ4v) is 2.88. The number of amides is 2. The summed E-state index contributed by atoms with van der Waals surface area (Å²) in [5.41, 5.74) is 7.22. The van der Waals surface area contributed by atoms with Crippen molar-refractivity contribution in [2.75, 3.05) is 0 Å². The predicted octanol–water partition coefficient (Wildman–Crippen LogP) is 3.00.